The SMILES string of the molecule is Cc1cc(C)c(-c2cccc(-c3cccc(-c4c(C)cc(C)cc4C)n3)n2)c(C)c1.F[B-](F)(F)F.[Cu+].c1ccc2nc(-c3ccc4ccccc4n3)ccc2c1. The molecule has 0 unspecified atom stereocenters. The number of nitrogens with zero attached hydrogens (tertiary/aromatic N) is 4. The van der Waals surface area contributed by atoms with Crippen molar-refractivity contribution in [2.24, 2.45) is 0 Å². The third-order valence-electron chi connectivity index (χ3n) is 9.09. The number of rotatable bonds is 4. The number of fused-ring (bicyclic) bond motifs is 2. The fourth-order valence-corrected chi connectivity index (χ4v) is 7.02. The van der Waals surface area contributed by atoms with Crippen LogP contribution in [0.5, 0.6) is 0 Å². The van der Waals surface area contributed by atoms with Gasteiger partial charge in [-0.2, -0.15) is 0 Å². The van der Waals surface area contributed by atoms with E-state index in [1.54, 1.807) is 0 Å². The van der Waals surface area contributed by atoms with Gasteiger partial charge in [-0.25, -0.2) is 19.9 Å². The molecule has 0 radical (unpaired) electrons. The van der Waals surface area contributed by atoms with E-state index < -0.39 is 7.25 Å². The molecule has 0 fully saturated rings. The first kappa shape index (κ1) is 41.5. The largest absolute Gasteiger partial charge is 1.00 e. The van der Waals surface area contributed by atoms with E-state index in [1.165, 1.54) is 44.5 Å². The molecule has 0 spiro atoms. The molecule has 10 heteroatoms. The number of aryl methyl sites for hydroxylation is 6. The Bertz CT molecular complexity index is 2420. The minimum absolute atomic E-state index is 0. The summed E-state index contributed by atoms with van der Waals surface area (Å²) in [6.07, 6.45) is 0. The monoisotopic (exact) mass is 798 g/mol. The van der Waals surface area contributed by atoms with Crippen molar-refractivity contribution in [1.82, 2.24) is 19.9 Å². The number of hydrogen-bond acceptors (Lipinski definition) is 4. The molecule has 0 aliphatic rings. The van der Waals surface area contributed by atoms with Crippen molar-refractivity contribution < 1.29 is 34.3 Å². The van der Waals surface area contributed by atoms with Crippen LogP contribution < -0.4 is 0 Å². The minimum atomic E-state index is -6.00. The molecule has 4 aromatic carbocycles. The van der Waals surface area contributed by atoms with E-state index in [0.717, 1.165) is 56.0 Å². The van der Waals surface area contributed by atoms with Gasteiger partial charge in [-0.3, -0.25) is 0 Å². The van der Waals surface area contributed by atoms with E-state index in [0.29, 0.717) is 0 Å². The molecule has 0 N–H and O–H groups in total. The average molecular weight is 799 g/mol. The summed E-state index contributed by atoms with van der Waals surface area (Å²) in [7, 11) is -6.00. The van der Waals surface area contributed by atoms with Crippen LogP contribution in [0.2, 0.25) is 0 Å². The van der Waals surface area contributed by atoms with Gasteiger partial charge in [0.1, 0.15) is 0 Å². The van der Waals surface area contributed by atoms with Gasteiger partial charge < -0.3 is 17.3 Å². The molecule has 0 bridgehead atoms. The topological polar surface area (TPSA) is 51.6 Å². The number of aromatic nitrogens is 4. The van der Waals surface area contributed by atoms with E-state index in [4.69, 9.17) is 9.97 Å². The summed E-state index contributed by atoms with van der Waals surface area (Å²) in [5.74, 6) is 0. The Morgan fingerprint density at radius 1 is 0.357 bits per heavy atom. The average Bonchev–Trinajstić information content (AvgIpc) is 3.13. The van der Waals surface area contributed by atoms with E-state index in [2.05, 4.69) is 124 Å². The predicted molar refractivity (Wildman–Crippen MR) is 219 cm³/mol. The maximum atomic E-state index is 9.75. The fourth-order valence-electron chi connectivity index (χ4n) is 7.02. The van der Waals surface area contributed by atoms with Gasteiger partial charge in [-0.15, -0.1) is 0 Å². The van der Waals surface area contributed by atoms with Gasteiger partial charge in [0.15, 0.2) is 0 Å². The van der Waals surface area contributed by atoms with Gasteiger partial charge in [-0.05, 0) is 112 Å². The van der Waals surface area contributed by atoms with Crippen LogP contribution in [-0.2, 0) is 17.1 Å². The molecular formula is C46H40BCuF4N4. The van der Waals surface area contributed by atoms with Gasteiger partial charge in [0.25, 0.3) is 0 Å². The fraction of sp³-hybridized carbons (Fsp3) is 0.130. The quantitative estimate of drug-likeness (QED) is 0.131. The Kier molecular flexibility index (Phi) is 13.2. The first-order valence-electron chi connectivity index (χ1n) is 17.9. The van der Waals surface area contributed by atoms with Crippen LogP contribution in [0.25, 0.3) is 67.1 Å². The Labute approximate surface area is 335 Å². The zero-order valence-electron chi connectivity index (χ0n) is 31.9. The van der Waals surface area contributed by atoms with Crippen molar-refractivity contribution >= 4 is 29.1 Å². The molecule has 0 aliphatic heterocycles. The van der Waals surface area contributed by atoms with E-state index in [1.807, 2.05) is 60.7 Å². The summed E-state index contributed by atoms with van der Waals surface area (Å²) >= 11 is 0. The molecule has 286 valence electrons. The van der Waals surface area contributed by atoms with Crippen molar-refractivity contribution in [3.05, 3.63) is 167 Å². The van der Waals surface area contributed by atoms with Crippen LogP contribution in [0.3, 0.4) is 0 Å². The molecule has 56 heavy (non-hydrogen) atoms. The van der Waals surface area contributed by atoms with E-state index in [-0.39, 0.29) is 17.1 Å². The number of halogens is 4. The number of hydrogen-bond donors (Lipinski definition) is 0. The first-order chi connectivity index (χ1) is 26.2. The van der Waals surface area contributed by atoms with Crippen molar-refractivity contribution in [3.63, 3.8) is 0 Å². The predicted octanol–water partition coefficient (Wildman–Crippen LogP) is 13.1. The Morgan fingerprint density at radius 3 is 1.02 bits per heavy atom. The summed E-state index contributed by atoms with van der Waals surface area (Å²) < 4.78 is 39.0. The normalized spacial score (nSPS) is 10.9. The van der Waals surface area contributed by atoms with E-state index in [9.17, 15) is 17.3 Å². The molecule has 4 aromatic heterocycles. The third kappa shape index (κ3) is 10.3. The first-order valence-corrected chi connectivity index (χ1v) is 17.9. The van der Waals surface area contributed by atoms with E-state index >= 15 is 0 Å². The second-order valence-electron chi connectivity index (χ2n) is 13.6. The van der Waals surface area contributed by atoms with Crippen molar-refractivity contribution in [2.45, 2.75) is 41.5 Å². The van der Waals surface area contributed by atoms with Crippen LogP contribution in [0.4, 0.5) is 17.3 Å². The van der Waals surface area contributed by atoms with Crippen molar-refractivity contribution in [2.75, 3.05) is 0 Å². The zero-order valence-corrected chi connectivity index (χ0v) is 32.8. The smallest absolute Gasteiger partial charge is 0.418 e. The zero-order chi connectivity index (χ0) is 39.3. The molecule has 0 aliphatic carbocycles. The molecular weight excluding hydrogens is 759 g/mol. The van der Waals surface area contributed by atoms with Crippen LogP contribution in [0.1, 0.15) is 33.4 Å². The molecule has 0 saturated carbocycles. The van der Waals surface area contributed by atoms with Crippen molar-refractivity contribution in [1.29, 1.82) is 0 Å². The van der Waals surface area contributed by atoms with Gasteiger partial charge in [0, 0.05) is 21.9 Å². The number of benzene rings is 4. The summed E-state index contributed by atoms with van der Waals surface area (Å²) in [5.41, 5.74) is 17.6. The van der Waals surface area contributed by atoms with Crippen LogP contribution in [0, 0.1) is 41.5 Å². The summed E-state index contributed by atoms with van der Waals surface area (Å²) in [5, 5.41) is 2.30. The molecule has 4 nitrogen and oxygen atoms in total. The maximum Gasteiger partial charge on any atom is 1.00 e. The summed E-state index contributed by atoms with van der Waals surface area (Å²) in [4.78, 5) is 19.4. The van der Waals surface area contributed by atoms with Gasteiger partial charge in [-0.1, -0.05) is 96.1 Å². The Balaban J connectivity index is 0.000000199. The maximum absolute atomic E-state index is 9.75. The van der Waals surface area contributed by atoms with Gasteiger partial charge in [0.2, 0.25) is 0 Å². The molecule has 0 atom stereocenters. The van der Waals surface area contributed by atoms with Gasteiger partial charge in [0.05, 0.1) is 45.2 Å². The molecule has 4 heterocycles. The number of pyridine rings is 4. The third-order valence-corrected chi connectivity index (χ3v) is 9.09. The Morgan fingerprint density at radius 2 is 0.661 bits per heavy atom. The van der Waals surface area contributed by atoms with Crippen LogP contribution in [0.15, 0.2) is 133 Å². The number of para-hydroxylation sites is 2. The van der Waals surface area contributed by atoms with Gasteiger partial charge >= 0.3 is 24.3 Å². The molecule has 8 rings (SSSR count). The van der Waals surface area contributed by atoms with Crippen molar-refractivity contribution in [3.8, 4) is 45.3 Å². The second-order valence-corrected chi connectivity index (χ2v) is 13.6. The molecule has 0 saturated heterocycles. The Hall–Kier alpha value is -5.70. The summed E-state index contributed by atoms with van der Waals surface area (Å²) in [6.45, 7) is 12.9. The summed E-state index contributed by atoms with van der Waals surface area (Å²) in [6, 6.07) is 45.8. The standard InChI is InChI=1S/C28H28N2.C18H12N2.BF4.Cu/c1-17-13-19(3)27(20(4)14-17)25-11-7-9-23(29-25)24-10-8-12-26(30-24)28-21(5)15-18(2)16-22(28)6;1-3-7-15-13(5-1)9-11-17(19-15)18-12-10-14-6-2-4-8-16(14)20-18;2-1(3,4)5;/h7-16H,1-6H3;1-12H;;/q;;-1;+1. The molecule has 8 aromatic rings. The molecule has 0 amide bonds. The van der Waals surface area contributed by atoms with Crippen LogP contribution in [-0.4, -0.2) is 27.2 Å². The second kappa shape index (κ2) is 17.8. The van der Waals surface area contributed by atoms with Crippen LogP contribution >= 0.6 is 0 Å². The minimum Gasteiger partial charge on any atom is -0.418 e.